The van der Waals surface area contributed by atoms with Crippen LogP contribution in [0.15, 0.2) is 59.5 Å². The number of hydrogen-bond acceptors (Lipinski definition) is 5. The lowest BCUT2D eigenvalue weighted by atomic mass is 10.2. The molecule has 0 saturated heterocycles. The number of carbonyl (C=O) groups excluding carboxylic acids is 1. The number of nitrogens with one attached hydrogen (secondary N) is 1. The van der Waals surface area contributed by atoms with Gasteiger partial charge in [0.15, 0.2) is 5.13 Å². The lowest BCUT2D eigenvalue weighted by Gasteiger charge is -2.08. The zero-order valence-electron chi connectivity index (χ0n) is 13.2. The molecule has 0 aliphatic heterocycles. The summed E-state index contributed by atoms with van der Waals surface area (Å²) >= 11 is 1.44. The number of aromatic nitrogens is 3. The summed E-state index contributed by atoms with van der Waals surface area (Å²) in [5.41, 5.74) is 1.48. The number of hydrogen-bond donors (Lipinski definition) is 1. The van der Waals surface area contributed by atoms with Crippen molar-refractivity contribution >= 4 is 43.5 Å². The molecule has 0 radical (unpaired) electrons. The highest BCUT2D eigenvalue weighted by molar-refractivity contribution is 7.22. The van der Waals surface area contributed by atoms with E-state index in [9.17, 15) is 9.59 Å². The summed E-state index contributed by atoms with van der Waals surface area (Å²) in [5, 5.41) is 8.15. The second-order valence-corrected chi connectivity index (χ2v) is 6.56. The molecule has 2 heterocycles. The molecule has 2 aromatic carbocycles. The molecule has 1 N–H and O–H groups in total. The number of para-hydroxylation sites is 2. The first-order valence-corrected chi connectivity index (χ1v) is 8.63. The third kappa shape index (κ3) is 3.14. The smallest absolute Gasteiger partial charge is 0.228 e. The van der Waals surface area contributed by atoms with Gasteiger partial charge in [-0.3, -0.25) is 14.3 Å². The zero-order valence-corrected chi connectivity index (χ0v) is 14.0. The number of rotatable bonds is 4. The van der Waals surface area contributed by atoms with Gasteiger partial charge in [0.2, 0.25) is 11.3 Å². The maximum atomic E-state index is 12.2. The molecule has 0 fully saturated rings. The summed E-state index contributed by atoms with van der Waals surface area (Å²) in [6.07, 6.45) is 1.53. The van der Waals surface area contributed by atoms with Gasteiger partial charge in [0, 0.05) is 11.8 Å². The topological polar surface area (TPSA) is 76.9 Å². The molecule has 0 bridgehead atoms. The van der Waals surface area contributed by atoms with Gasteiger partial charge in [0.25, 0.3) is 0 Å². The molecule has 1 amide bonds. The van der Waals surface area contributed by atoms with Crippen LogP contribution in [0.3, 0.4) is 0 Å². The maximum Gasteiger partial charge on any atom is 0.228 e. The van der Waals surface area contributed by atoms with Crippen molar-refractivity contribution < 1.29 is 4.79 Å². The van der Waals surface area contributed by atoms with Crippen molar-refractivity contribution in [3.8, 4) is 0 Å². The van der Waals surface area contributed by atoms with E-state index in [1.165, 1.54) is 17.5 Å². The molecule has 2 aromatic heterocycles. The number of nitrogens with zero attached hydrogens (tertiary/aromatic N) is 3. The standard InChI is InChI=1S/C18H14N4O2S/c23-15-11-19-22(14-7-3-1-5-12(14)15)10-9-17(24)21-18-20-13-6-2-4-8-16(13)25-18/h1-8,11H,9-10H2,(H,20,21,24). The van der Waals surface area contributed by atoms with Crippen LogP contribution in [-0.4, -0.2) is 20.7 Å². The number of amides is 1. The van der Waals surface area contributed by atoms with E-state index in [2.05, 4.69) is 15.4 Å². The van der Waals surface area contributed by atoms with E-state index in [0.717, 1.165) is 15.7 Å². The van der Waals surface area contributed by atoms with E-state index in [4.69, 9.17) is 0 Å². The summed E-state index contributed by atoms with van der Waals surface area (Å²) < 4.78 is 2.71. The second kappa shape index (κ2) is 6.45. The quantitative estimate of drug-likeness (QED) is 0.614. The van der Waals surface area contributed by atoms with Crippen molar-refractivity contribution in [2.45, 2.75) is 13.0 Å². The maximum absolute atomic E-state index is 12.2. The van der Waals surface area contributed by atoms with E-state index in [1.54, 1.807) is 10.7 Å². The first-order chi connectivity index (χ1) is 12.2. The van der Waals surface area contributed by atoms with Crippen molar-refractivity contribution in [2.75, 3.05) is 5.32 Å². The van der Waals surface area contributed by atoms with Crippen LogP contribution in [0, 0.1) is 0 Å². The van der Waals surface area contributed by atoms with Crippen LogP contribution in [0.1, 0.15) is 6.42 Å². The number of thiazole rings is 1. The highest BCUT2D eigenvalue weighted by Crippen LogP contribution is 2.25. The van der Waals surface area contributed by atoms with E-state index < -0.39 is 0 Å². The highest BCUT2D eigenvalue weighted by Gasteiger charge is 2.09. The molecule has 7 heteroatoms. The van der Waals surface area contributed by atoms with Crippen LogP contribution in [0.4, 0.5) is 5.13 Å². The molecule has 4 aromatic rings. The van der Waals surface area contributed by atoms with Crippen LogP contribution < -0.4 is 10.7 Å². The van der Waals surface area contributed by atoms with E-state index in [-0.39, 0.29) is 17.8 Å². The van der Waals surface area contributed by atoms with Gasteiger partial charge in [0.05, 0.1) is 28.5 Å². The Morgan fingerprint density at radius 1 is 1.12 bits per heavy atom. The van der Waals surface area contributed by atoms with Gasteiger partial charge in [-0.05, 0) is 24.3 Å². The molecular formula is C18H14N4O2S. The minimum atomic E-state index is -0.136. The molecule has 0 spiro atoms. The van der Waals surface area contributed by atoms with E-state index in [0.29, 0.717) is 17.1 Å². The first kappa shape index (κ1) is 15.5. The molecule has 25 heavy (non-hydrogen) atoms. The van der Waals surface area contributed by atoms with E-state index >= 15 is 0 Å². The number of aryl methyl sites for hydroxylation is 1. The van der Waals surface area contributed by atoms with Gasteiger partial charge >= 0.3 is 0 Å². The van der Waals surface area contributed by atoms with Gasteiger partial charge < -0.3 is 5.32 Å². The predicted molar refractivity (Wildman–Crippen MR) is 98.9 cm³/mol. The second-order valence-electron chi connectivity index (χ2n) is 5.53. The fourth-order valence-electron chi connectivity index (χ4n) is 2.65. The van der Waals surface area contributed by atoms with Crippen LogP contribution >= 0.6 is 11.3 Å². The monoisotopic (exact) mass is 350 g/mol. The molecular weight excluding hydrogens is 336 g/mol. The zero-order chi connectivity index (χ0) is 17.2. The number of carbonyl (C=O) groups is 1. The van der Waals surface area contributed by atoms with Gasteiger partial charge in [0.1, 0.15) is 0 Å². The molecule has 6 nitrogen and oxygen atoms in total. The first-order valence-electron chi connectivity index (χ1n) is 7.81. The predicted octanol–water partition coefficient (Wildman–Crippen LogP) is 3.04. The summed E-state index contributed by atoms with van der Waals surface area (Å²) in [4.78, 5) is 28.4. The van der Waals surface area contributed by atoms with Crippen molar-refractivity contribution in [1.82, 2.24) is 14.8 Å². The Morgan fingerprint density at radius 3 is 2.80 bits per heavy atom. The average molecular weight is 350 g/mol. The third-order valence-electron chi connectivity index (χ3n) is 3.85. The molecule has 0 aliphatic rings. The Bertz CT molecular complexity index is 1100. The van der Waals surface area contributed by atoms with Crippen LogP contribution in [0.5, 0.6) is 0 Å². The molecule has 0 atom stereocenters. The number of fused-ring (bicyclic) bond motifs is 2. The minimum absolute atomic E-state index is 0.120. The largest absolute Gasteiger partial charge is 0.302 e. The Kier molecular flexibility index (Phi) is 3.99. The Morgan fingerprint density at radius 2 is 1.92 bits per heavy atom. The molecule has 0 aliphatic carbocycles. The van der Waals surface area contributed by atoms with Gasteiger partial charge in [-0.25, -0.2) is 4.98 Å². The Hall–Kier alpha value is -3.06. The van der Waals surface area contributed by atoms with E-state index in [1.807, 2.05) is 42.5 Å². The average Bonchev–Trinajstić information content (AvgIpc) is 3.03. The molecule has 0 unspecified atom stereocenters. The van der Waals surface area contributed by atoms with Crippen molar-refractivity contribution in [2.24, 2.45) is 0 Å². The number of anilines is 1. The van der Waals surface area contributed by atoms with Gasteiger partial charge in [-0.2, -0.15) is 5.10 Å². The summed E-state index contributed by atoms with van der Waals surface area (Å²) in [6.45, 7) is 0.386. The van der Waals surface area contributed by atoms with Crippen molar-refractivity contribution in [1.29, 1.82) is 0 Å². The lowest BCUT2D eigenvalue weighted by Crippen LogP contribution is -2.17. The van der Waals surface area contributed by atoms with Crippen molar-refractivity contribution in [3.63, 3.8) is 0 Å². The summed E-state index contributed by atoms with van der Waals surface area (Å²) in [5.74, 6) is -0.136. The van der Waals surface area contributed by atoms with Gasteiger partial charge in [-0.1, -0.05) is 35.6 Å². The molecule has 0 saturated carbocycles. The van der Waals surface area contributed by atoms with Gasteiger partial charge in [-0.15, -0.1) is 0 Å². The van der Waals surface area contributed by atoms with Crippen LogP contribution in [-0.2, 0) is 11.3 Å². The lowest BCUT2D eigenvalue weighted by molar-refractivity contribution is -0.116. The molecule has 4 rings (SSSR count). The fraction of sp³-hybridized carbons (Fsp3) is 0.111. The highest BCUT2D eigenvalue weighted by atomic mass is 32.1. The summed E-state index contributed by atoms with van der Waals surface area (Å²) in [7, 11) is 0. The van der Waals surface area contributed by atoms with Crippen molar-refractivity contribution in [3.05, 3.63) is 65.0 Å². The Labute approximate surface area is 146 Å². The molecule has 124 valence electrons. The Balaban J connectivity index is 1.49. The SMILES string of the molecule is O=C(CCn1ncc(=O)c2ccccc21)Nc1nc2ccccc2s1. The number of benzene rings is 2. The fourth-order valence-corrected chi connectivity index (χ4v) is 3.54. The summed E-state index contributed by atoms with van der Waals surface area (Å²) in [6, 6.07) is 15.0. The van der Waals surface area contributed by atoms with Crippen LogP contribution in [0.2, 0.25) is 0 Å². The van der Waals surface area contributed by atoms with Crippen LogP contribution in [0.25, 0.3) is 21.1 Å². The third-order valence-corrected chi connectivity index (χ3v) is 4.80. The minimum Gasteiger partial charge on any atom is -0.302 e. The normalized spacial score (nSPS) is 11.0.